The smallest absolute Gasteiger partial charge is 0.276 e. The van der Waals surface area contributed by atoms with Crippen molar-refractivity contribution in [1.82, 2.24) is 25.1 Å². The number of nitrogens with zero attached hydrogens (tertiary/aromatic N) is 3. The zero-order chi connectivity index (χ0) is 26.4. The fraction of sp³-hybridized carbons (Fsp3) is 0.308. The third-order valence-electron chi connectivity index (χ3n) is 6.32. The summed E-state index contributed by atoms with van der Waals surface area (Å²) in [5.74, 6) is -1.25. The van der Waals surface area contributed by atoms with E-state index in [4.69, 9.17) is 11.6 Å². The third-order valence-corrected chi connectivity index (χ3v) is 6.65. The second kappa shape index (κ2) is 12.0. The van der Waals surface area contributed by atoms with E-state index in [9.17, 15) is 14.4 Å². The number of anilines is 2. The topological polar surface area (TPSA) is 122 Å². The summed E-state index contributed by atoms with van der Waals surface area (Å²) >= 11 is 6.08. The van der Waals surface area contributed by atoms with Gasteiger partial charge in [-0.05, 0) is 50.4 Å². The second-order valence-electron chi connectivity index (χ2n) is 8.99. The first-order chi connectivity index (χ1) is 17.8. The molecule has 3 aromatic rings. The minimum absolute atomic E-state index is 0.000786. The Balaban J connectivity index is 1.31. The van der Waals surface area contributed by atoms with E-state index in [1.165, 1.54) is 6.33 Å². The molecule has 1 fully saturated rings. The van der Waals surface area contributed by atoms with Crippen molar-refractivity contribution in [3.05, 3.63) is 76.8 Å². The summed E-state index contributed by atoms with van der Waals surface area (Å²) in [6.07, 6.45) is 1.32. The molecule has 0 bridgehead atoms. The lowest BCUT2D eigenvalue weighted by molar-refractivity contribution is 0.0891. The molecular formula is C26H30ClN7O3. The van der Waals surface area contributed by atoms with Gasteiger partial charge in [-0.1, -0.05) is 23.7 Å². The summed E-state index contributed by atoms with van der Waals surface area (Å²) in [7, 11) is 2.10. The Labute approximate surface area is 220 Å². The van der Waals surface area contributed by atoms with Crippen LogP contribution in [-0.4, -0.2) is 83.3 Å². The molecular weight excluding hydrogens is 494 g/mol. The molecule has 1 saturated heterocycles. The van der Waals surface area contributed by atoms with E-state index in [0.29, 0.717) is 28.5 Å². The lowest BCUT2D eigenvalue weighted by atomic mass is 10.2. The summed E-state index contributed by atoms with van der Waals surface area (Å²) in [5.41, 5.74) is 1.49. The van der Waals surface area contributed by atoms with Crippen LogP contribution in [0.5, 0.6) is 0 Å². The molecule has 10 nitrogen and oxygen atoms in total. The van der Waals surface area contributed by atoms with Crippen molar-refractivity contribution in [3.63, 3.8) is 0 Å². The van der Waals surface area contributed by atoms with E-state index >= 15 is 0 Å². The Bertz CT molecular complexity index is 1250. The van der Waals surface area contributed by atoms with E-state index in [2.05, 4.69) is 49.7 Å². The molecule has 0 spiro atoms. The molecule has 2 aromatic carbocycles. The number of piperazine rings is 1. The van der Waals surface area contributed by atoms with E-state index in [-0.39, 0.29) is 29.2 Å². The van der Waals surface area contributed by atoms with Crippen molar-refractivity contribution in [2.24, 2.45) is 0 Å². The fourth-order valence-corrected chi connectivity index (χ4v) is 4.25. The van der Waals surface area contributed by atoms with Crippen LogP contribution in [0.15, 0.2) is 54.9 Å². The molecule has 1 aromatic heterocycles. The average molecular weight is 524 g/mol. The van der Waals surface area contributed by atoms with Gasteiger partial charge in [0.1, 0.15) is 5.69 Å². The van der Waals surface area contributed by atoms with Crippen LogP contribution in [0, 0.1) is 0 Å². The molecule has 4 rings (SSSR count). The number of hydrogen-bond donors (Lipinski definition) is 4. The molecule has 1 unspecified atom stereocenters. The van der Waals surface area contributed by atoms with Gasteiger partial charge in [-0.3, -0.25) is 19.3 Å². The molecule has 0 radical (unpaired) electrons. The van der Waals surface area contributed by atoms with Crippen LogP contribution in [0.1, 0.15) is 38.3 Å². The van der Waals surface area contributed by atoms with Gasteiger partial charge in [0.2, 0.25) is 0 Å². The highest BCUT2D eigenvalue weighted by molar-refractivity contribution is 6.34. The monoisotopic (exact) mass is 523 g/mol. The highest BCUT2D eigenvalue weighted by atomic mass is 35.5. The molecule has 1 aliphatic heterocycles. The maximum absolute atomic E-state index is 12.8. The predicted octanol–water partition coefficient (Wildman–Crippen LogP) is 2.93. The lowest BCUT2D eigenvalue weighted by Crippen LogP contribution is -2.51. The number of imidazole rings is 1. The van der Waals surface area contributed by atoms with Crippen LogP contribution in [0.4, 0.5) is 11.4 Å². The van der Waals surface area contributed by atoms with Gasteiger partial charge >= 0.3 is 0 Å². The summed E-state index contributed by atoms with van der Waals surface area (Å²) in [5, 5.41) is 8.76. The highest BCUT2D eigenvalue weighted by Crippen LogP contribution is 2.19. The maximum Gasteiger partial charge on any atom is 0.276 e. The first kappa shape index (κ1) is 26.3. The van der Waals surface area contributed by atoms with Gasteiger partial charge in [0.05, 0.1) is 16.9 Å². The normalized spacial score (nSPS) is 15.1. The van der Waals surface area contributed by atoms with Gasteiger partial charge in [0, 0.05) is 50.1 Å². The van der Waals surface area contributed by atoms with E-state index < -0.39 is 5.91 Å². The summed E-state index contributed by atoms with van der Waals surface area (Å²) in [6.45, 7) is 6.44. The van der Waals surface area contributed by atoms with Crippen molar-refractivity contribution in [2.75, 3.05) is 50.4 Å². The molecule has 11 heteroatoms. The zero-order valence-electron chi connectivity index (χ0n) is 20.8. The fourth-order valence-electron chi connectivity index (χ4n) is 4.03. The second-order valence-corrected chi connectivity index (χ2v) is 9.40. The third kappa shape index (κ3) is 6.73. The number of carbonyl (C=O) groups excluding carboxylic acids is 3. The predicted molar refractivity (Wildman–Crippen MR) is 143 cm³/mol. The number of carbonyl (C=O) groups is 3. The van der Waals surface area contributed by atoms with Crippen LogP contribution >= 0.6 is 11.6 Å². The Morgan fingerprint density at radius 1 is 0.946 bits per heavy atom. The van der Waals surface area contributed by atoms with Crippen molar-refractivity contribution < 1.29 is 14.4 Å². The number of hydrogen-bond acceptors (Lipinski definition) is 6. The summed E-state index contributed by atoms with van der Waals surface area (Å²) in [6, 6.07) is 13.5. The van der Waals surface area contributed by atoms with Crippen LogP contribution < -0.4 is 16.0 Å². The summed E-state index contributed by atoms with van der Waals surface area (Å²) in [4.78, 5) is 49.5. The molecule has 3 amide bonds. The Hall–Kier alpha value is -3.73. The molecule has 194 valence electrons. The van der Waals surface area contributed by atoms with Gasteiger partial charge in [0.15, 0.2) is 5.69 Å². The van der Waals surface area contributed by atoms with Crippen LogP contribution in [0.3, 0.4) is 0 Å². The average Bonchev–Trinajstić information content (AvgIpc) is 3.39. The summed E-state index contributed by atoms with van der Waals surface area (Å²) < 4.78 is 0. The molecule has 0 aliphatic carbocycles. The number of amides is 3. The first-order valence-electron chi connectivity index (χ1n) is 12.0. The standard InChI is InChI=1S/C26H30ClN7O3/c1-17(34-13-11-33(2)12-14-34)15-28-25(36)22-23(30-16-29-22)26(37)32-19-9-7-18(8-10-19)31-24(35)20-5-3-4-6-21(20)27/h3-10,16-17H,11-15H2,1-2H3,(H,28,36)(H,29,30)(H,31,35)(H,32,37). The number of aromatic amines is 1. The number of aromatic nitrogens is 2. The molecule has 1 atom stereocenters. The number of likely N-dealkylation sites (N-methyl/N-ethyl adjacent to an activating group) is 1. The Kier molecular flexibility index (Phi) is 8.54. The Morgan fingerprint density at radius 3 is 2.22 bits per heavy atom. The minimum atomic E-state index is -0.522. The first-order valence-corrected chi connectivity index (χ1v) is 12.4. The minimum Gasteiger partial charge on any atom is -0.349 e. The largest absolute Gasteiger partial charge is 0.349 e. The van der Waals surface area contributed by atoms with Crippen LogP contribution in [0.2, 0.25) is 5.02 Å². The van der Waals surface area contributed by atoms with Gasteiger partial charge in [-0.2, -0.15) is 0 Å². The molecule has 4 N–H and O–H groups in total. The number of benzene rings is 2. The number of rotatable bonds is 8. The van der Waals surface area contributed by atoms with Crippen molar-refractivity contribution in [2.45, 2.75) is 13.0 Å². The Morgan fingerprint density at radius 2 is 1.57 bits per heavy atom. The van der Waals surface area contributed by atoms with Crippen molar-refractivity contribution in [3.8, 4) is 0 Å². The highest BCUT2D eigenvalue weighted by Gasteiger charge is 2.23. The van der Waals surface area contributed by atoms with Crippen LogP contribution in [-0.2, 0) is 0 Å². The molecule has 1 aliphatic rings. The van der Waals surface area contributed by atoms with Crippen molar-refractivity contribution in [1.29, 1.82) is 0 Å². The van der Waals surface area contributed by atoms with Gasteiger partial charge in [-0.15, -0.1) is 0 Å². The van der Waals surface area contributed by atoms with E-state index in [0.717, 1.165) is 26.2 Å². The maximum atomic E-state index is 12.8. The number of nitrogens with one attached hydrogen (secondary N) is 4. The zero-order valence-corrected chi connectivity index (χ0v) is 21.5. The van der Waals surface area contributed by atoms with Gasteiger partial charge < -0.3 is 25.8 Å². The van der Waals surface area contributed by atoms with E-state index in [1.54, 1.807) is 48.5 Å². The molecule has 37 heavy (non-hydrogen) atoms. The number of halogens is 1. The molecule has 2 heterocycles. The SMILES string of the molecule is CC(CNC(=O)c1[nH]cnc1C(=O)Nc1ccc(NC(=O)c2ccccc2Cl)cc1)N1CCN(C)CC1. The van der Waals surface area contributed by atoms with E-state index in [1.807, 2.05) is 0 Å². The number of H-pyrrole nitrogens is 1. The molecule has 0 saturated carbocycles. The quantitative estimate of drug-likeness (QED) is 0.360. The van der Waals surface area contributed by atoms with Gasteiger partial charge in [0.25, 0.3) is 17.7 Å². The van der Waals surface area contributed by atoms with Gasteiger partial charge in [-0.25, -0.2) is 4.98 Å². The van der Waals surface area contributed by atoms with Crippen LogP contribution in [0.25, 0.3) is 0 Å². The van der Waals surface area contributed by atoms with Crippen molar-refractivity contribution >= 4 is 40.7 Å². The lowest BCUT2D eigenvalue weighted by Gasteiger charge is -2.36.